The molecule has 0 bridgehead atoms. The lowest BCUT2D eigenvalue weighted by molar-refractivity contribution is -0.117. The number of rotatable bonds is 3. The van der Waals surface area contributed by atoms with Crippen LogP contribution >= 0.6 is 0 Å². The number of fused-ring (bicyclic) bond motifs is 1. The van der Waals surface area contributed by atoms with Crippen LogP contribution < -0.4 is 4.90 Å². The second kappa shape index (κ2) is 7.02. The third-order valence-corrected chi connectivity index (χ3v) is 5.25. The number of amides is 1. The molecule has 0 spiro atoms. The molecule has 0 saturated carbocycles. The molecule has 2 heterocycles. The number of anilines is 1. The molecule has 2 aromatic carbocycles. The molecule has 0 aromatic heterocycles. The Kier molecular flexibility index (Phi) is 4.57. The van der Waals surface area contributed by atoms with Gasteiger partial charge in [-0.15, -0.1) is 0 Å². The van der Waals surface area contributed by atoms with E-state index >= 15 is 0 Å². The third-order valence-electron chi connectivity index (χ3n) is 5.25. The van der Waals surface area contributed by atoms with Crippen LogP contribution in [0.25, 0.3) is 0 Å². The molecule has 4 rings (SSSR count). The van der Waals surface area contributed by atoms with Crippen LogP contribution in [0.5, 0.6) is 0 Å². The first-order valence-corrected chi connectivity index (χ1v) is 9.08. The molecule has 0 aliphatic carbocycles. The lowest BCUT2D eigenvalue weighted by Gasteiger charge is -2.40. The number of carbonyl (C=O) groups excluding carboxylic acids is 2. The zero-order valence-electron chi connectivity index (χ0n) is 15.0. The van der Waals surface area contributed by atoms with Crippen molar-refractivity contribution in [3.05, 3.63) is 65.7 Å². The van der Waals surface area contributed by atoms with E-state index in [1.54, 1.807) is 4.90 Å². The molecule has 2 aliphatic heterocycles. The van der Waals surface area contributed by atoms with Crippen LogP contribution in [0.2, 0.25) is 0 Å². The van der Waals surface area contributed by atoms with Gasteiger partial charge in [0.05, 0.1) is 5.69 Å². The molecular formula is C21H23N3O2. The molecule has 0 N–H and O–H groups in total. The summed E-state index contributed by atoms with van der Waals surface area (Å²) in [6.45, 7) is 5.79. The highest BCUT2D eigenvalue weighted by Crippen LogP contribution is 2.34. The van der Waals surface area contributed by atoms with Gasteiger partial charge in [0.15, 0.2) is 6.17 Å². The van der Waals surface area contributed by atoms with Crippen LogP contribution in [0.15, 0.2) is 54.6 Å². The van der Waals surface area contributed by atoms with Crippen LogP contribution in [0, 0.1) is 0 Å². The van der Waals surface area contributed by atoms with Gasteiger partial charge in [0.2, 0.25) is 11.7 Å². The van der Waals surface area contributed by atoms with Crippen molar-refractivity contribution >= 4 is 17.4 Å². The Labute approximate surface area is 153 Å². The van der Waals surface area contributed by atoms with E-state index in [4.69, 9.17) is 0 Å². The zero-order valence-corrected chi connectivity index (χ0v) is 15.0. The zero-order chi connectivity index (χ0) is 18.1. The largest absolute Gasteiger partial charge is 0.297 e. The monoisotopic (exact) mass is 349 g/mol. The second-order valence-electron chi connectivity index (χ2n) is 6.94. The number of piperazine rings is 1. The minimum Gasteiger partial charge on any atom is -0.297 e. The number of para-hydroxylation sites is 1. The fraction of sp³-hybridized carbons (Fsp3) is 0.333. The van der Waals surface area contributed by atoms with E-state index in [9.17, 15) is 9.59 Å². The van der Waals surface area contributed by atoms with E-state index < -0.39 is 6.17 Å². The standard InChI is InChI=1S/C21H23N3O2/c1-16(25)24-19-10-6-5-9-18(19)20(26)21(24)23-13-11-22(12-14-23)15-17-7-3-2-4-8-17/h2-10,21H,11-15H2,1H3. The molecule has 1 saturated heterocycles. The fourth-order valence-electron chi connectivity index (χ4n) is 3.96. The summed E-state index contributed by atoms with van der Waals surface area (Å²) in [5, 5.41) is 0. The van der Waals surface area contributed by atoms with Gasteiger partial charge in [-0.3, -0.25) is 24.3 Å². The maximum atomic E-state index is 12.9. The van der Waals surface area contributed by atoms with Gasteiger partial charge >= 0.3 is 0 Å². The topological polar surface area (TPSA) is 43.9 Å². The van der Waals surface area contributed by atoms with Crippen LogP contribution in [0.3, 0.4) is 0 Å². The number of carbonyl (C=O) groups is 2. The molecule has 0 radical (unpaired) electrons. The number of hydrogen-bond donors (Lipinski definition) is 0. The van der Waals surface area contributed by atoms with Crippen LogP contribution in [-0.4, -0.2) is 53.8 Å². The summed E-state index contributed by atoms with van der Waals surface area (Å²) >= 11 is 0. The lowest BCUT2D eigenvalue weighted by atomic mass is 10.1. The van der Waals surface area contributed by atoms with Crippen molar-refractivity contribution < 1.29 is 9.59 Å². The molecule has 1 atom stereocenters. The van der Waals surface area contributed by atoms with Crippen molar-refractivity contribution in [2.75, 3.05) is 31.1 Å². The summed E-state index contributed by atoms with van der Waals surface area (Å²) in [4.78, 5) is 31.4. The van der Waals surface area contributed by atoms with E-state index in [1.165, 1.54) is 12.5 Å². The van der Waals surface area contributed by atoms with Gasteiger partial charge in [0.25, 0.3) is 0 Å². The Bertz CT molecular complexity index is 813. The number of ketones is 1. The summed E-state index contributed by atoms with van der Waals surface area (Å²) in [6, 6.07) is 17.8. The molecular weight excluding hydrogens is 326 g/mol. The van der Waals surface area contributed by atoms with Crippen molar-refractivity contribution in [2.24, 2.45) is 0 Å². The first-order chi connectivity index (χ1) is 12.6. The van der Waals surface area contributed by atoms with Crippen molar-refractivity contribution in [1.82, 2.24) is 9.80 Å². The molecule has 1 fully saturated rings. The molecule has 26 heavy (non-hydrogen) atoms. The van der Waals surface area contributed by atoms with Gasteiger partial charge in [-0.05, 0) is 17.7 Å². The molecule has 5 nitrogen and oxygen atoms in total. The molecule has 1 amide bonds. The molecule has 134 valence electrons. The Balaban J connectivity index is 1.47. The highest BCUT2D eigenvalue weighted by Gasteiger charge is 2.43. The van der Waals surface area contributed by atoms with E-state index in [-0.39, 0.29) is 11.7 Å². The number of nitrogens with zero attached hydrogens (tertiary/aromatic N) is 3. The molecule has 1 unspecified atom stereocenters. The first kappa shape index (κ1) is 16.9. The minimum atomic E-state index is -0.497. The highest BCUT2D eigenvalue weighted by atomic mass is 16.2. The van der Waals surface area contributed by atoms with Gasteiger partial charge in [0.1, 0.15) is 0 Å². The van der Waals surface area contributed by atoms with E-state index in [0.717, 1.165) is 38.4 Å². The predicted octanol–water partition coefficient (Wildman–Crippen LogP) is 2.38. The van der Waals surface area contributed by atoms with Crippen molar-refractivity contribution in [2.45, 2.75) is 19.6 Å². The summed E-state index contributed by atoms with van der Waals surface area (Å²) in [7, 11) is 0. The average molecular weight is 349 g/mol. The van der Waals surface area contributed by atoms with Gasteiger partial charge in [-0.25, -0.2) is 0 Å². The smallest absolute Gasteiger partial charge is 0.225 e. The van der Waals surface area contributed by atoms with Crippen molar-refractivity contribution in [3.63, 3.8) is 0 Å². The van der Waals surface area contributed by atoms with E-state index in [1.807, 2.05) is 30.3 Å². The third kappa shape index (κ3) is 3.04. The number of hydrogen-bond acceptors (Lipinski definition) is 4. The normalized spacial score (nSPS) is 21.0. The SMILES string of the molecule is CC(=O)N1c2ccccc2C(=O)C1N1CCN(Cc2ccccc2)CC1. The number of benzene rings is 2. The van der Waals surface area contributed by atoms with Crippen LogP contribution in [0.1, 0.15) is 22.8 Å². The maximum absolute atomic E-state index is 12.9. The van der Waals surface area contributed by atoms with Gasteiger partial charge in [-0.2, -0.15) is 0 Å². The maximum Gasteiger partial charge on any atom is 0.225 e. The number of Topliss-reactive ketones (excluding diaryl/α,β-unsaturated/α-hetero) is 1. The Morgan fingerprint density at radius 2 is 1.62 bits per heavy atom. The lowest BCUT2D eigenvalue weighted by Crippen LogP contribution is -2.57. The van der Waals surface area contributed by atoms with Crippen molar-refractivity contribution in [1.29, 1.82) is 0 Å². The van der Waals surface area contributed by atoms with Crippen LogP contribution in [0.4, 0.5) is 5.69 Å². The fourth-order valence-corrected chi connectivity index (χ4v) is 3.96. The van der Waals surface area contributed by atoms with Gasteiger partial charge in [-0.1, -0.05) is 42.5 Å². The van der Waals surface area contributed by atoms with E-state index in [0.29, 0.717) is 5.56 Å². The second-order valence-corrected chi connectivity index (χ2v) is 6.94. The first-order valence-electron chi connectivity index (χ1n) is 9.08. The van der Waals surface area contributed by atoms with Gasteiger partial charge < -0.3 is 0 Å². The average Bonchev–Trinajstić information content (AvgIpc) is 2.96. The molecule has 5 heteroatoms. The Morgan fingerprint density at radius 1 is 0.962 bits per heavy atom. The Hall–Kier alpha value is -2.50. The van der Waals surface area contributed by atoms with Crippen LogP contribution in [-0.2, 0) is 11.3 Å². The van der Waals surface area contributed by atoms with E-state index in [2.05, 4.69) is 34.1 Å². The molecule has 2 aromatic rings. The predicted molar refractivity (Wildman–Crippen MR) is 101 cm³/mol. The Morgan fingerprint density at radius 3 is 2.31 bits per heavy atom. The quantitative estimate of drug-likeness (QED) is 0.853. The summed E-state index contributed by atoms with van der Waals surface area (Å²) in [5.41, 5.74) is 2.69. The summed E-state index contributed by atoms with van der Waals surface area (Å²) < 4.78 is 0. The summed E-state index contributed by atoms with van der Waals surface area (Å²) in [6.07, 6.45) is -0.497. The van der Waals surface area contributed by atoms with Crippen molar-refractivity contribution in [3.8, 4) is 0 Å². The molecule has 2 aliphatic rings. The highest BCUT2D eigenvalue weighted by molar-refractivity contribution is 6.17. The minimum absolute atomic E-state index is 0.0345. The summed E-state index contributed by atoms with van der Waals surface area (Å²) in [5.74, 6) is -0.0488. The van der Waals surface area contributed by atoms with Gasteiger partial charge in [0, 0.05) is 45.2 Å².